The summed E-state index contributed by atoms with van der Waals surface area (Å²) in [6.07, 6.45) is 9.98. The molecule has 0 aromatic rings. The number of rotatable bonds is 4. The molecule has 4 aliphatic rings. The fraction of sp³-hybridized carbons (Fsp3) is 1.00. The Balaban J connectivity index is 1.24. The van der Waals surface area contributed by atoms with E-state index in [2.05, 4.69) is 22.0 Å². The van der Waals surface area contributed by atoms with E-state index in [1.54, 1.807) is 0 Å². The lowest BCUT2D eigenvalue weighted by molar-refractivity contribution is 0.182. The maximum atomic E-state index is 3.97. The van der Waals surface area contributed by atoms with Crippen molar-refractivity contribution >= 4 is 0 Å². The molecule has 2 atom stereocenters. The zero-order chi connectivity index (χ0) is 12.8. The van der Waals surface area contributed by atoms with Crippen LogP contribution in [0.4, 0.5) is 0 Å². The lowest BCUT2D eigenvalue weighted by Gasteiger charge is -2.34. The number of hydrogen-bond donors (Lipinski definition) is 1. The highest BCUT2D eigenvalue weighted by atomic mass is 15.3. The van der Waals surface area contributed by atoms with E-state index >= 15 is 0 Å². The Morgan fingerprint density at radius 3 is 2.16 bits per heavy atom. The summed E-state index contributed by atoms with van der Waals surface area (Å²) in [5, 5.41) is 3.97. The number of likely N-dealkylation sites (tertiary alicyclic amines) is 2. The number of nitrogens with one attached hydrogen (secondary N) is 1. The van der Waals surface area contributed by atoms with Crippen molar-refractivity contribution in [3.8, 4) is 0 Å². The molecule has 2 aliphatic carbocycles. The van der Waals surface area contributed by atoms with Crippen molar-refractivity contribution in [3.05, 3.63) is 0 Å². The highest BCUT2D eigenvalue weighted by Gasteiger charge is 2.39. The van der Waals surface area contributed by atoms with Crippen molar-refractivity contribution in [1.82, 2.24) is 15.1 Å². The Kier molecular flexibility index (Phi) is 3.33. The quantitative estimate of drug-likeness (QED) is 0.835. The average Bonchev–Trinajstić information content (AvgIpc) is 3.30. The van der Waals surface area contributed by atoms with E-state index < -0.39 is 0 Å². The van der Waals surface area contributed by atoms with Crippen LogP contribution in [0, 0.1) is 0 Å². The first-order chi connectivity index (χ1) is 9.29. The molecule has 2 unspecified atom stereocenters. The van der Waals surface area contributed by atoms with E-state index in [4.69, 9.17) is 0 Å². The molecule has 19 heavy (non-hydrogen) atoms. The van der Waals surface area contributed by atoms with Crippen LogP contribution in [0.3, 0.4) is 0 Å². The van der Waals surface area contributed by atoms with Gasteiger partial charge in [-0.3, -0.25) is 4.90 Å². The molecular formula is C16H29N3. The Morgan fingerprint density at radius 1 is 0.842 bits per heavy atom. The lowest BCUT2D eigenvalue weighted by atomic mass is 10.0. The molecule has 3 nitrogen and oxygen atoms in total. The molecule has 2 saturated heterocycles. The summed E-state index contributed by atoms with van der Waals surface area (Å²) < 4.78 is 0. The van der Waals surface area contributed by atoms with Gasteiger partial charge >= 0.3 is 0 Å². The highest BCUT2D eigenvalue weighted by Crippen LogP contribution is 2.34. The normalized spacial score (nSPS) is 39.0. The summed E-state index contributed by atoms with van der Waals surface area (Å²) >= 11 is 0. The molecule has 0 aromatic heterocycles. The SMILES string of the molecule is CC1CC(NC2CCN(C3CC3)CC2)CN1C1CC1. The molecule has 1 N–H and O–H groups in total. The van der Waals surface area contributed by atoms with Crippen LogP contribution in [0.5, 0.6) is 0 Å². The molecule has 0 radical (unpaired) electrons. The van der Waals surface area contributed by atoms with Gasteiger partial charge in [-0.15, -0.1) is 0 Å². The van der Waals surface area contributed by atoms with Crippen LogP contribution in [0.15, 0.2) is 0 Å². The number of piperidine rings is 1. The van der Waals surface area contributed by atoms with Gasteiger partial charge in [0.15, 0.2) is 0 Å². The minimum absolute atomic E-state index is 0.771. The molecule has 4 fully saturated rings. The van der Waals surface area contributed by atoms with Crippen molar-refractivity contribution < 1.29 is 0 Å². The molecule has 0 spiro atoms. The van der Waals surface area contributed by atoms with E-state index in [9.17, 15) is 0 Å². The third-order valence-corrected chi connectivity index (χ3v) is 5.70. The molecule has 2 saturated carbocycles. The Morgan fingerprint density at radius 2 is 1.53 bits per heavy atom. The van der Waals surface area contributed by atoms with E-state index in [1.807, 2.05) is 0 Å². The van der Waals surface area contributed by atoms with Crippen LogP contribution < -0.4 is 5.32 Å². The molecule has 0 bridgehead atoms. The van der Waals surface area contributed by atoms with Crippen molar-refractivity contribution in [2.24, 2.45) is 0 Å². The first-order valence-corrected chi connectivity index (χ1v) is 8.55. The molecule has 3 heteroatoms. The highest BCUT2D eigenvalue weighted by molar-refractivity contribution is 4.97. The van der Waals surface area contributed by atoms with Gasteiger partial charge in [0, 0.05) is 36.8 Å². The Bertz CT molecular complexity index is 316. The van der Waals surface area contributed by atoms with Gasteiger partial charge in [-0.2, -0.15) is 0 Å². The second kappa shape index (κ2) is 5.01. The summed E-state index contributed by atoms with van der Waals surface area (Å²) in [4.78, 5) is 5.49. The molecule has 4 rings (SSSR count). The van der Waals surface area contributed by atoms with Crippen LogP contribution in [0.2, 0.25) is 0 Å². The molecule has 0 amide bonds. The van der Waals surface area contributed by atoms with Crippen LogP contribution in [0.25, 0.3) is 0 Å². The zero-order valence-corrected chi connectivity index (χ0v) is 12.4. The van der Waals surface area contributed by atoms with Gasteiger partial charge < -0.3 is 10.2 Å². The summed E-state index contributed by atoms with van der Waals surface area (Å²) in [5.74, 6) is 0. The second-order valence-electron chi connectivity index (χ2n) is 7.42. The summed E-state index contributed by atoms with van der Waals surface area (Å²) in [6.45, 7) is 6.43. The van der Waals surface area contributed by atoms with E-state index in [1.165, 1.54) is 64.6 Å². The van der Waals surface area contributed by atoms with Crippen LogP contribution >= 0.6 is 0 Å². The van der Waals surface area contributed by atoms with Crippen molar-refractivity contribution in [2.75, 3.05) is 19.6 Å². The molecule has 108 valence electrons. The Hall–Kier alpha value is -0.120. The van der Waals surface area contributed by atoms with Gasteiger partial charge in [-0.25, -0.2) is 0 Å². The molecule has 2 aliphatic heterocycles. The van der Waals surface area contributed by atoms with Crippen LogP contribution in [-0.4, -0.2) is 59.6 Å². The standard InChI is InChI=1S/C16H29N3/c1-12-10-14(11-19(12)16-4-5-16)17-13-6-8-18(9-7-13)15-2-3-15/h12-17H,2-11H2,1H3. The monoisotopic (exact) mass is 263 g/mol. The minimum atomic E-state index is 0.771. The Labute approximate surface area is 117 Å². The van der Waals surface area contributed by atoms with Crippen molar-refractivity contribution in [3.63, 3.8) is 0 Å². The predicted octanol–water partition coefficient (Wildman–Crippen LogP) is 1.83. The number of nitrogens with zero attached hydrogens (tertiary/aromatic N) is 2. The summed E-state index contributed by atoms with van der Waals surface area (Å²) in [6, 6.07) is 4.30. The van der Waals surface area contributed by atoms with Crippen molar-refractivity contribution in [1.29, 1.82) is 0 Å². The van der Waals surface area contributed by atoms with E-state index in [-0.39, 0.29) is 0 Å². The maximum absolute atomic E-state index is 3.97. The minimum Gasteiger partial charge on any atom is -0.310 e. The fourth-order valence-electron chi connectivity index (χ4n) is 4.30. The third kappa shape index (κ3) is 2.84. The average molecular weight is 263 g/mol. The second-order valence-corrected chi connectivity index (χ2v) is 7.42. The smallest absolute Gasteiger partial charge is 0.0212 e. The molecule has 0 aromatic carbocycles. The third-order valence-electron chi connectivity index (χ3n) is 5.70. The molecule has 2 heterocycles. The van der Waals surface area contributed by atoms with Gasteiger partial charge in [-0.05, 0) is 65.0 Å². The van der Waals surface area contributed by atoms with Gasteiger partial charge in [-0.1, -0.05) is 0 Å². The lowest BCUT2D eigenvalue weighted by Crippen LogP contribution is -2.47. The van der Waals surface area contributed by atoms with Gasteiger partial charge in [0.05, 0.1) is 0 Å². The summed E-state index contributed by atoms with van der Waals surface area (Å²) in [7, 11) is 0. The topological polar surface area (TPSA) is 18.5 Å². The van der Waals surface area contributed by atoms with Gasteiger partial charge in [0.25, 0.3) is 0 Å². The first-order valence-electron chi connectivity index (χ1n) is 8.55. The van der Waals surface area contributed by atoms with E-state index in [0.717, 1.165) is 30.2 Å². The van der Waals surface area contributed by atoms with Crippen LogP contribution in [-0.2, 0) is 0 Å². The van der Waals surface area contributed by atoms with Crippen LogP contribution in [0.1, 0.15) is 51.9 Å². The molecular weight excluding hydrogens is 234 g/mol. The van der Waals surface area contributed by atoms with E-state index in [0.29, 0.717) is 0 Å². The zero-order valence-electron chi connectivity index (χ0n) is 12.4. The van der Waals surface area contributed by atoms with Crippen molar-refractivity contribution in [2.45, 2.75) is 82.1 Å². The summed E-state index contributed by atoms with van der Waals surface area (Å²) in [5.41, 5.74) is 0. The first kappa shape index (κ1) is 12.6. The fourth-order valence-corrected chi connectivity index (χ4v) is 4.30. The van der Waals surface area contributed by atoms with Gasteiger partial charge in [0.1, 0.15) is 0 Å². The number of hydrogen-bond acceptors (Lipinski definition) is 3. The predicted molar refractivity (Wildman–Crippen MR) is 78.3 cm³/mol. The maximum Gasteiger partial charge on any atom is 0.0212 e. The van der Waals surface area contributed by atoms with Gasteiger partial charge in [0.2, 0.25) is 0 Å². The largest absolute Gasteiger partial charge is 0.310 e.